The standard InChI is InChI=1S/C26H38N4O3/c1-21(2)28-19-24(32)20-33-26-12-8-7-11-25(26)30(23-9-5-4-6-10-23)17-15-29(16-18-30)14-13-27-22(3)31/h4-12,21,24,28,32H,13-20H2,1-3H3/p+1/t24-/m0/s1. The lowest BCUT2D eigenvalue weighted by molar-refractivity contribution is -0.119. The number of hydrogen-bond acceptors (Lipinski definition) is 5. The summed E-state index contributed by atoms with van der Waals surface area (Å²) in [5.41, 5.74) is 2.35. The number of carbonyl (C=O) groups is 1. The van der Waals surface area contributed by atoms with E-state index in [1.165, 1.54) is 5.69 Å². The van der Waals surface area contributed by atoms with Crippen molar-refractivity contribution < 1.29 is 14.6 Å². The van der Waals surface area contributed by atoms with Crippen molar-refractivity contribution >= 4 is 17.3 Å². The van der Waals surface area contributed by atoms with E-state index in [1.54, 1.807) is 6.92 Å². The molecule has 7 heteroatoms. The molecule has 2 aromatic carbocycles. The smallest absolute Gasteiger partial charge is 0.216 e. The predicted octanol–water partition coefficient (Wildman–Crippen LogP) is 2.52. The fourth-order valence-electron chi connectivity index (χ4n) is 4.36. The van der Waals surface area contributed by atoms with Crippen LogP contribution in [-0.4, -0.2) is 80.5 Å². The van der Waals surface area contributed by atoms with Gasteiger partial charge in [0, 0.05) is 51.8 Å². The van der Waals surface area contributed by atoms with Crippen molar-refractivity contribution in [3.05, 3.63) is 54.6 Å². The SMILES string of the molecule is CC(=O)NCCN1CC[N+](c2ccccc2)(c2ccccc2OC[C@@H](O)CNC(C)C)CC1. The maximum absolute atomic E-state index is 11.2. The van der Waals surface area contributed by atoms with Gasteiger partial charge < -0.3 is 20.5 Å². The molecule has 1 heterocycles. The number of carbonyl (C=O) groups excluding carboxylic acids is 1. The van der Waals surface area contributed by atoms with Gasteiger partial charge in [0.25, 0.3) is 0 Å². The Balaban J connectivity index is 1.78. The first kappa shape index (κ1) is 25.2. The molecule has 0 radical (unpaired) electrons. The van der Waals surface area contributed by atoms with Crippen LogP contribution in [0.15, 0.2) is 54.6 Å². The van der Waals surface area contributed by atoms with E-state index in [1.807, 2.05) is 18.2 Å². The zero-order chi connectivity index (χ0) is 23.7. The summed E-state index contributed by atoms with van der Waals surface area (Å²) in [4.78, 5) is 13.6. The summed E-state index contributed by atoms with van der Waals surface area (Å²) < 4.78 is 6.88. The molecule has 1 fully saturated rings. The molecule has 1 aliphatic rings. The van der Waals surface area contributed by atoms with Gasteiger partial charge in [-0.15, -0.1) is 0 Å². The topological polar surface area (TPSA) is 73.8 Å². The highest BCUT2D eigenvalue weighted by Gasteiger charge is 2.39. The van der Waals surface area contributed by atoms with Crippen molar-refractivity contribution in [2.24, 2.45) is 0 Å². The van der Waals surface area contributed by atoms with Gasteiger partial charge in [0.05, 0.1) is 0 Å². The van der Waals surface area contributed by atoms with E-state index < -0.39 is 6.10 Å². The number of nitrogens with zero attached hydrogens (tertiary/aromatic N) is 2. The van der Waals surface area contributed by atoms with Crippen LogP contribution in [0.1, 0.15) is 20.8 Å². The van der Waals surface area contributed by atoms with Crippen LogP contribution in [0.4, 0.5) is 11.4 Å². The van der Waals surface area contributed by atoms with E-state index in [4.69, 9.17) is 4.74 Å². The van der Waals surface area contributed by atoms with E-state index in [9.17, 15) is 9.90 Å². The first-order valence-electron chi connectivity index (χ1n) is 11.9. The quantitative estimate of drug-likeness (QED) is 0.454. The molecular weight excluding hydrogens is 416 g/mol. The van der Waals surface area contributed by atoms with Crippen molar-refractivity contribution in [2.45, 2.75) is 32.9 Å². The minimum absolute atomic E-state index is 0.0123. The van der Waals surface area contributed by atoms with Crippen LogP contribution in [0, 0.1) is 0 Å². The second-order valence-corrected chi connectivity index (χ2v) is 9.07. The van der Waals surface area contributed by atoms with Gasteiger partial charge in [-0.2, -0.15) is 0 Å². The lowest BCUT2D eigenvalue weighted by atomic mass is 10.1. The van der Waals surface area contributed by atoms with Crippen LogP contribution < -0.4 is 19.9 Å². The van der Waals surface area contributed by atoms with E-state index in [-0.39, 0.29) is 12.5 Å². The van der Waals surface area contributed by atoms with Crippen LogP contribution >= 0.6 is 0 Å². The fourth-order valence-corrected chi connectivity index (χ4v) is 4.36. The van der Waals surface area contributed by atoms with Gasteiger partial charge in [-0.05, 0) is 18.2 Å². The van der Waals surface area contributed by atoms with Crippen LogP contribution in [-0.2, 0) is 4.79 Å². The summed E-state index contributed by atoms with van der Waals surface area (Å²) in [6.07, 6.45) is -0.573. The zero-order valence-corrected chi connectivity index (χ0v) is 20.2. The second kappa shape index (κ2) is 12.1. The van der Waals surface area contributed by atoms with E-state index in [0.29, 0.717) is 23.6 Å². The van der Waals surface area contributed by atoms with Crippen molar-refractivity contribution in [3.8, 4) is 5.75 Å². The Kier molecular flexibility index (Phi) is 9.26. The predicted molar refractivity (Wildman–Crippen MR) is 134 cm³/mol. The van der Waals surface area contributed by atoms with Crippen molar-refractivity contribution in [1.29, 1.82) is 0 Å². The summed E-state index contributed by atoms with van der Waals surface area (Å²) >= 11 is 0. The number of rotatable bonds is 11. The van der Waals surface area contributed by atoms with E-state index in [2.05, 4.69) is 65.8 Å². The highest BCUT2D eigenvalue weighted by Crippen LogP contribution is 2.41. The summed E-state index contributed by atoms with van der Waals surface area (Å²) in [7, 11) is 0. The Morgan fingerprint density at radius 3 is 2.42 bits per heavy atom. The monoisotopic (exact) mass is 455 g/mol. The zero-order valence-electron chi connectivity index (χ0n) is 20.2. The number of aliphatic hydroxyl groups is 1. The highest BCUT2D eigenvalue weighted by atomic mass is 16.5. The number of hydrogen-bond donors (Lipinski definition) is 3. The second-order valence-electron chi connectivity index (χ2n) is 9.07. The minimum Gasteiger partial charge on any atom is -0.485 e. The number of aliphatic hydroxyl groups excluding tert-OH is 1. The molecule has 0 unspecified atom stereocenters. The van der Waals surface area contributed by atoms with Crippen LogP contribution in [0.5, 0.6) is 5.75 Å². The first-order valence-corrected chi connectivity index (χ1v) is 11.9. The Labute approximate surface area is 197 Å². The molecule has 3 rings (SSSR count). The van der Waals surface area contributed by atoms with Gasteiger partial charge in [0.15, 0.2) is 11.4 Å². The summed E-state index contributed by atoms with van der Waals surface area (Å²) in [5, 5.41) is 16.5. The third-order valence-electron chi connectivity index (χ3n) is 6.17. The van der Waals surface area contributed by atoms with Crippen LogP contribution in [0.2, 0.25) is 0 Å². The fraction of sp³-hybridized carbons (Fsp3) is 0.500. The Morgan fingerprint density at radius 2 is 1.76 bits per heavy atom. The first-order chi connectivity index (χ1) is 15.9. The number of ether oxygens (including phenoxy) is 1. The normalized spacial score (nSPS) is 17.0. The molecule has 180 valence electrons. The van der Waals surface area contributed by atoms with Crippen molar-refractivity contribution in [3.63, 3.8) is 0 Å². The van der Waals surface area contributed by atoms with Crippen LogP contribution in [0.25, 0.3) is 0 Å². The number of amides is 1. The molecule has 1 atom stereocenters. The van der Waals surface area contributed by atoms with E-state index in [0.717, 1.165) is 44.2 Å². The molecule has 0 saturated carbocycles. The third kappa shape index (κ3) is 7.01. The Morgan fingerprint density at radius 1 is 1.09 bits per heavy atom. The molecule has 1 saturated heterocycles. The number of quaternary nitrogens is 1. The number of nitrogens with one attached hydrogen (secondary N) is 2. The number of benzene rings is 2. The molecule has 0 aromatic heterocycles. The Bertz CT molecular complexity index is 867. The van der Waals surface area contributed by atoms with Crippen molar-refractivity contribution in [2.75, 3.05) is 52.4 Å². The lowest BCUT2D eigenvalue weighted by Gasteiger charge is -2.44. The van der Waals surface area contributed by atoms with Gasteiger partial charge in [0.1, 0.15) is 31.5 Å². The molecule has 0 spiro atoms. The molecule has 3 N–H and O–H groups in total. The molecule has 1 aliphatic heterocycles. The van der Waals surface area contributed by atoms with Gasteiger partial charge in [-0.25, -0.2) is 0 Å². The van der Waals surface area contributed by atoms with Gasteiger partial charge in [0.2, 0.25) is 5.91 Å². The molecule has 33 heavy (non-hydrogen) atoms. The maximum Gasteiger partial charge on any atom is 0.216 e. The average molecular weight is 456 g/mol. The number of para-hydroxylation sites is 3. The lowest BCUT2D eigenvalue weighted by Crippen LogP contribution is -2.58. The van der Waals surface area contributed by atoms with Gasteiger partial charge in [-0.1, -0.05) is 44.2 Å². The average Bonchev–Trinajstić information content (AvgIpc) is 2.82. The summed E-state index contributed by atoms with van der Waals surface area (Å²) in [6.45, 7) is 11.6. The number of piperazine rings is 1. The molecule has 2 aromatic rings. The Hall–Kier alpha value is -2.45. The highest BCUT2D eigenvalue weighted by molar-refractivity contribution is 5.72. The molecular formula is C26H39N4O3+. The molecule has 7 nitrogen and oxygen atoms in total. The summed E-state index contributed by atoms with van der Waals surface area (Å²) in [6, 6.07) is 19.1. The van der Waals surface area contributed by atoms with E-state index >= 15 is 0 Å². The van der Waals surface area contributed by atoms with Gasteiger partial charge in [-0.3, -0.25) is 14.2 Å². The molecule has 0 aliphatic carbocycles. The van der Waals surface area contributed by atoms with Crippen molar-refractivity contribution in [1.82, 2.24) is 20.0 Å². The van der Waals surface area contributed by atoms with Crippen LogP contribution in [0.3, 0.4) is 0 Å². The van der Waals surface area contributed by atoms with Gasteiger partial charge >= 0.3 is 0 Å². The maximum atomic E-state index is 11.2. The molecule has 1 amide bonds. The minimum atomic E-state index is -0.573. The molecule has 0 bridgehead atoms. The third-order valence-corrected chi connectivity index (χ3v) is 6.17. The summed E-state index contributed by atoms with van der Waals surface area (Å²) in [5.74, 6) is 0.829. The largest absolute Gasteiger partial charge is 0.485 e.